The van der Waals surface area contributed by atoms with Crippen LogP contribution in [0, 0.1) is 6.92 Å². The van der Waals surface area contributed by atoms with E-state index in [4.69, 9.17) is 0 Å². The van der Waals surface area contributed by atoms with Gasteiger partial charge in [-0.05, 0) is 24.8 Å². The van der Waals surface area contributed by atoms with Crippen molar-refractivity contribution in [3.05, 3.63) is 23.5 Å². The summed E-state index contributed by atoms with van der Waals surface area (Å²) in [5.41, 5.74) is 1.50. The molecule has 1 rings (SSSR count). The van der Waals surface area contributed by atoms with Crippen LogP contribution in [0.25, 0.3) is 0 Å². The van der Waals surface area contributed by atoms with Gasteiger partial charge in [-0.3, -0.25) is 4.79 Å². The molecule has 2 nitrogen and oxygen atoms in total. The Morgan fingerprint density at radius 3 is 2.77 bits per heavy atom. The highest BCUT2D eigenvalue weighted by Gasteiger charge is 2.08. The first kappa shape index (κ1) is 10.3. The third-order valence-corrected chi connectivity index (χ3v) is 2.56. The Morgan fingerprint density at radius 1 is 1.54 bits per heavy atom. The molecule has 0 unspecified atom stereocenters. The van der Waals surface area contributed by atoms with Crippen LogP contribution in [0.1, 0.15) is 30.0 Å². The Labute approximate surface area is 82.8 Å². The van der Waals surface area contributed by atoms with E-state index >= 15 is 0 Å². The molecule has 0 amide bonds. The topological polar surface area (TPSA) is 30.0 Å². The zero-order valence-electron chi connectivity index (χ0n) is 8.13. The lowest BCUT2D eigenvalue weighted by Gasteiger charge is -2.04. The molecule has 1 aromatic rings. The second kappa shape index (κ2) is 4.42. The lowest BCUT2D eigenvalue weighted by atomic mass is 10.2. The summed E-state index contributed by atoms with van der Waals surface area (Å²) in [5.74, 6) is 1.00. The summed E-state index contributed by atoms with van der Waals surface area (Å²) in [7, 11) is 0. The van der Waals surface area contributed by atoms with Crippen molar-refractivity contribution < 1.29 is 4.79 Å². The first-order chi connectivity index (χ1) is 6.15. The number of aryl methyl sites for hydroxylation is 1. The number of pyridine rings is 1. The minimum absolute atomic E-state index is 0.0413. The third kappa shape index (κ3) is 2.56. The van der Waals surface area contributed by atoms with Gasteiger partial charge in [0.2, 0.25) is 0 Å². The Morgan fingerprint density at radius 2 is 2.23 bits per heavy atom. The Balaban J connectivity index is 3.10. The number of thioether (sulfide) groups is 1. The van der Waals surface area contributed by atoms with Gasteiger partial charge in [0, 0.05) is 17.5 Å². The van der Waals surface area contributed by atoms with Crippen molar-refractivity contribution in [1.29, 1.82) is 0 Å². The summed E-state index contributed by atoms with van der Waals surface area (Å²) in [6.45, 7) is 5.52. The summed E-state index contributed by atoms with van der Waals surface area (Å²) in [6, 6.07) is 3.90. The predicted octanol–water partition coefficient (Wildman–Crippen LogP) is 2.70. The number of carbonyl (C=O) groups is 1. The summed E-state index contributed by atoms with van der Waals surface area (Å²) < 4.78 is 0. The van der Waals surface area contributed by atoms with Crippen LogP contribution in [0.4, 0.5) is 0 Å². The second-order valence-electron chi connectivity index (χ2n) is 2.79. The van der Waals surface area contributed by atoms with Gasteiger partial charge in [-0.25, -0.2) is 4.98 Å². The summed E-state index contributed by atoms with van der Waals surface area (Å²) in [6.07, 6.45) is 0. The number of hydrogen-bond donors (Lipinski definition) is 0. The Bertz CT molecular complexity index is 323. The molecule has 0 aliphatic heterocycles. The van der Waals surface area contributed by atoms with Crippen LogP contribution in [-0.4, -0.2) is 16.5 Å². The Hall–Kier alpha value is -0.830. The first-order valence-electron chi connectivity index (χ1n) is 4.26. The molecule has 0 aliphatic carbocycles. The fourth-order valence-electron chi connectivity index (χ4n) is 1.07. The largest absolute Gasteiger partial charge is 0.293 e. The van der Waals surface area contributed by atoms with Gasteiger partial charge in [0.25, 0.3) is 0 Å². The van der Waals surface area contributed by atoms with Gasteiger partial charge >= 0.3 is 0 Å². The summed E-state index contributed by atoms with van der Waals surface area (Å²) >= 11 is 1.66. The van der Waals surface area contributed by atoms with Crippen molar-refractivity contribution in [3.63, 3.8) is 0 Å². The lowest BCUT2D eigenvalue weighted by molar-refractivity contribution is 0.101. The number of nitrogens with zero attached hydrogens (tertiary/aromatic N) is 1. The van der Waals surface area contributed by atoms with Crippen LogP contribution >= 0.6 is 11.8 Å². The van der Waals surface area contributed by atoms with E-state index in [1.807, 2.05) is 19.1 Å². The van der Waals surface area contributed by atoms with E-state index in [9.17, 15) is 4.79 Å². The van der Waals surface area contributed by atoms with Gasteiger partial charge in [0.15, 0.2) is 5.78 Å². The molecule has 0 spiro atoms. The molecule has 0 fully saturated rings. The predicted molar refractivity (Wildman–Crippen MR) is 55.4 cm³/mol. The van der Waals surface area contributed by atoms with Crippen LogP contribution in [0.15, 0.2) is 17.0 Å². The molecule has 0 saturated heterocycles. The molecule has 0 bridgehead atoms. The maximum absolute atomic E-state index is 11.2. The van der Waals surface area contributed by atoms with Gasteiger partial charge < -0.3 is 0 Å². The molecule has 0 N–H and O–H groups in total. The van der Waals surface area contributed by atoms with Crippen LogP contribution < -0.4 is 0 Å². The fourth-order valence-corrected chi connectivity index (χ4v) is 1.87. The zero-order valence-corrected chi connectivity index (χ0v) is 8.94. The number of rotatable bonds is 3. The van der Waals surface area contributed by atoms with Crippen LogP contribution in [-0.2, 0) is 0 Å². The molecule has 1 aromatic heterocycles. The molecular formula is C10H13NOS. The van der Waals surface area contributed by atoms with Crippen molar-refractivity contribution >= 4 is 17.5 Å². The van der Waals surface area contributed by atoms with E-state index in [0.717, 1.165) is 16.3 Å². The highest BCUT2D eigenvalue weighted by Crippen LogP contribution is 2.21. The monoisotopic (exact) mass is 195 g/mol. The Kier molecular flexibility index (Phi) is 3.48. The second-order valence-corrected chi connectivity index (χ2v) is 4.09. The molecule has 70 valence electrons. The summed E-state index contributed by atoms with van der Waals surface area (Å²) in [4.78, 5) is 16.4. The highest BCUT2D eigenvalue weighted by molar-refractivity contribution is 7.99. The van der Waals surface area contributed by atoms with Crippen molar-refractivity contribution in [3.8, 4) is 0 Å². The molecule has 0 radical (unpaired) electrons. The molecule has 0 saturated carbocycles. The zero-order chi connectivity index (χ0) is 9.84. The number of hydrogen-bond acceptors (Lipinski definition) is 3. The quantitative estimate of drug-likeness (QED) is 0.548. The molecule has 0 aliphatic rings. The standard InChI is InChI=1S/C10H13NOS/c1-4-13-9-6-5-7(2)11-10(9)8(3)12/h5-6H,4H2,1-3H3. The number of ketones is 1. The lowest BCUT2D eigenvalue weighted by Crippen LogP contribution is -2.00. The van der Waals surface area contributed by atoms with E-state index < -0.39 is 0 Å². The number of carbonyl (C=O) groups excluding carboxylic acids is 1. The summed E-state index contributed by atoms with van der Waals surface area (Å²) in [5, 5.41) is 0. The van der Waals surface area contributed by atoms with Crippen molar-refractivity contribution in [2.24, 2.45) is 0 Å². The fraction of sp³-hybridized carbons (Fsp3) is 0.400. The van der Waals surface area contributed by atoms with E-state index in [0.29, 0.717) is 5.69 Å². The van der Waals surface area contributed by atoms with Crippen LogP contribution in [0.3, 0.4) is 0 Å². The molecule has 13 heavy (non-hydrogen) atoms. The van der Waals surface area contributed by atoms with Gasteiger partial charge in [0.05, 0.1) is 0 Å². The highest BCUT2D eigenvalue weighted by atomic mass is 32.2. The van der Waals surface area contributed by atoms with Gasteiger partial charge in [-0.2, -0.15) is 0 Å². The van der Waals surface area contributed by atoms with Gasteiger partial charge in [0.1, 0.15) is 5.69 Å². The van der Waals surface area contributed by atoms with E-state index in [1.165, 1.54) is 0 Å². The maximum Gasteiger partial charge on any atom is 0.179 e. The van der Waals surface area contributed by atoms with E-state index in [-0.39, 0.29) is 5.78 Å². The minimum atomic E-state index is 0.0413. The van der Waals surface area contributed by atoms with Gasteiger partial charge in [-0.15, -0.1) is 11.8 Å². The first-order valence-corrected chi connectivity index (χ1v) is 5.25. The molecular weight excluding hydrogens is 182 g/mol. The maximum atomic E-state index is 11.2. The van der Waals surface area contributed by atoms with Crippen molar-refractivity contribution in [2.75, 3.05) is 5.75 Å². The van der Waals surface area contributed by atoms with E-state index in [1.54, 1.807) is 18.7 Å². The minimum Gasteiger partial charge on any atom is -0.293 e. The molecule has 0 aromatic carbocycles. The number of aromatic nitrogens is 1. The normalized spacial score (nSPS) is 10.1. The average Bonchev–Trinajstić information content (AvgIpc) is 2.08. The smallest absolute Gasteiger partial charge is 0.179 e. The van der Waals surface area contributed by atoms with Gasteiger partial charge in [-0.1, -0.05) is 6.92 Å². The van der Waals surface area contributed by atoms with Crippen molar-refractivity contribution in [1.82, 2.24) is 4.98 Å². The van der Waals surface area contributed by atoms with Crippen LogP contribution in [0.5, 0.6) is 0 Å². The molecule has 0 atom stereocenters. The third-order valence-electron chi connectivity index (χ3n) is 1.63. The molecule has 3 heteroatoms. The number of Topliss-reactive ketones (excluding diaryl/α,β-unsaturated/α-hetero) is 1. The van der Waals surface area contributed by atoms with E-state index in [2.05, 4.69) is 11.9 Å². The average molecular weight is 195 g/mol. The molecule has 1 heterocycles. The SMILES string of the molecule is CCSc1ccc(C)nc1C(C)=O. The van der Waals surface area contributed by atoms with Crippen LogP contribution in [0.2, 0.25) is 0 Å². The van der Waals surface area contributed by atoms with Crippen molar-refractivity contribution in [2.45, 2.75) is 25.7 Å².